The van der Waals surface area contributed by atoms with Crippen LogP contribution < -0.4 is 14.8 Å². The molecule has 2 aromatic rings. The maximum atomic E-state index is 12.7. The van der Waals surface area contributed by atoms with Crippen LogP contribution in [0.25, 0.3) is 0 Å². The number of carbonyl (C=O) groups is 1. The summed E-state index contributed by atoms with van der Waals surface area (Å²) in [5, 5.41) is 9.33. The van der Waals surface area contributed by atoms with Crippen LogP contribution in [0.15, 0.2) is 52.0 Å². The first-order valence-corrected chi connectivity index (χ1v) is 9.49. The van der Waals surface area contributed by atoms with E-state index >= 15 is 0 Å². The van der Waals surface area contributed by atoms with Crippen molar-refractivity contribution >= 4 is 33.7 Å². The molecular formula is C20H22BrN3O3. The summed E-state index contributed by atoms with van der Waals surface area (Å²) in [6.45, 7) is 0.755. The molecular weight excluding hydrogens is 410 g/mol. The molecule has 7 heteroatoms. The standard InChI is InChI=1S/C20H22BrN3O3/c1-26-18-10-9-15(12-19(18)27-2)23-20(25)17-8-5-11-24(17)22-13-14-6-3-4-7-16(14)21/h3-4,6-7,9-10,12-13,17H,5,8,11H2,1-2H3,(H,23,25)/b22-13+. The van der Waals surface area contributed by atoms with Gasteiger partial charge in [-0.1, -0.05) is 34.1 Å². The summed E-state index contributed by atoms with van der Waals surface area (Å²) in [7, 11) is 3.15. The molecule has 2 aromatic carbocycles. The van der Waals surface area contributed by atoms with Crippen LogP contribution in [0.1, 0.15) is 18.4 Å². The van der Waals surface area contributed by atoms with Gasteiger partial charge in [0.05, 0.1) is 20.4 Å². The summed E-state index contributed by atoms with van der Waals surface area (Å²) in [6, 6.07) is 12.9. The van der Waals surface area contributed by atoms with Crippen molar-refractivity contribution in [3.05, 3.63) is 52.5 Å². The van der Waals surface area contributed by atoms with E-state index in [1.54, 1.807) is 38.6 Å². The molecule has 1 N–H and O–H groups in total. The number of amides is 1. The van der Waals surface area contributed by atoms with E-state index in [2.05, 4.69) is 26.3 Å². The Balaban J connectivity index is 1.69. The summed E-state index contributed by atoms with van der Waals surface area (Å²) < 4.78 is 11.5. The smallest absolute Gasteiger partial charge is 0.248 e. The highest BCUT2D eigenvalue weighted by atomic mass is 79.9. The number of hydrogen-bond acceptors (Lipinski definition) is 5. The van der Waals surface area contributed by atoms with E-state index in [1.165, 1.54) is 0 Å². The topological polar surface area (TPSA) is 63.2 Å². The van der Waals surface area contributed by atoms with E-state index in [0.717, 1.165) is 29.4 Å². The molecule has 0 bridgehead atoms. The normalized spacial score (nSPS) is 16.6. The first-order chi connectivity index (χ1) is 13.1. The molecule has 0 aliphatic carbocycles. The van der Waals surface area contributed by atoms with Gasteiger partial charge in [0, 0.05) is 28.3 Å². The monoisotopic (exact) mass is 431 g/mol. The predicted octanol–water partition coefficient (Wildman–Crippen LogP) is 3.90. The molecule has 142 valence electrons. The number of hydrazone groups is 1. The lowest BCUT2D eigenvalue weighted by Gasteiger charge is -2.21. The summed E-state index contributed by atoms with van der Waals surface area (Å²) in [5.41, 5.74) is 1.64. The van der Waals surface area contributed by atoms with Gasteiger partial charge in [-0.15, -0.1) is 0 Å². The third kappa shape index (κ3) is 4.60. The lowest BCUT2D eigenvalue weighted by molar-refractivity contribution is -0.120. The van der Waals surface area contributed by atoms with Crippen molar-refractivity contribution in [2.45, 2.75) is 18.9 Å². The lowest BCUT2D eigenvalue weighted by Crippen LogP contribution is -2.36. The number of halogens is 1. The maximum Gasteiger partial charge on any atom is 0.248 e. The van der Waals surface area contributed by atoms with Gasteiger partial charge in [0.15, 0.2) is 11.5 Å². The Morgan fingerprint density at radius 1 is 1.22 bits per heavy atom. The first kappa shape index (κ1) is 19.2. The van der Waals surface area contributed by atoms with Gasteiger partial charge in [0.25, 0.3) is 0 Å². The maximum absolute atomic E-state index is 12.7. The summed E-state index contributed by atoms with van der Waals surface area (Å²) in [4.78, 5) is 12.7. The lowest BCUT2D eigenvalue weighted by atomic mass is 10.2. The van der Waals surface area contributed by atoms with E-state index < -0.39 is 0 Å². The highest BCUT2D eigenvalue weighted by molar-refractivity contribution is 9.10. The molecule has 1 unspecified atom stereocenters. The molecule has 0 spiro atoms. The van der Waals surface area contributed by atoms with E-state index in [1.807, 2.05) is 29.3 Å². The Hall–Kier alpha value is -2.54. The molecule has 6 nitrogen and oxygen atoms in total. The van der Waals surface area contributed by atoms with Crippen LogP contribution in [-0.4, -0.2) is 43.9 Å². The molecule has 3 rings (SSSR count). The van der Waals surface area contributed by atoms with E-state index in [0.29, 0.717) is 17.2 Å². The molecule has 1 atom stereocenters. The Labute approximate surface area is 167 Å². The average molecular weight is 432 g/mol. The van der Waals surface area contributed by atoms with Crippen molar-refractivity contribution in [2.24, 2.45) is 5.10 Å². The fraction of sp³-hybridized carbons (Fsp3) is 0.300. The quantitative estimate of drug-likeness (QED) is 0.704. The number of rotatable bonds is 6. The Kier molecular flexibility index (Phi) is 6.34. The van der Waals surface area contributed by atoms with Crippen LogP contribution in [0.2, 0.25) is 0 Å². The van der Waals surface area contributed by atoms with Crippen molar-refractivity contribution < 1.29 is 14.3 Å². The van der Waals surface area contributed by atoms with E-state index in [4.69, 9.17) is 9.47 Å². The van der Waals surface area contributed by atoms with Gasteiger partial charge in [-0.25, -0.2) is 0 Å². The zero-order valence-electron chi connectivity index (χ0n) is 15.3. The second-order valence-electron chi connectivity index (χ2n) is 6.15. The highest BCUT2D eigenvalue weighted by Crippen LogP contribution is 2.30. The van der Waals surface area contributed by atoms with Crippen molar-refractivity contribution in [2.75, 3.05) is 26.1 Å². The van der Waals surface area contributed by atoms with Crippen LogP contribution in [0.5, 0.6) is 11.5 Å². The zero-order valence-corrected chi connectivity index (χ0v) is 16.9. The minimum Gasteiger partial charge on any atom is -0.493 e. The van der Waals surface area contributed by atoms with Gasteiger partial charge in [-0.3, -0.25) is 9.80 Å². The minimum absolute atomic E-state index is 0.0796. The molecule has 1 amide bonds. The van der Waals surface area contributed by atoms with Crippen molar-refractivity contribution in [3.63, 3.8) is 0 Å². The summed E-state index contributed by atoms with van der Waals surface area (Å²) in [5.74, 6) is 1.12. The van der Waals surface area contributed by atoms with Crippen LogP contribution in [0, 0.1) is 0 Å². The number of ether oxygens (including phenoxy) is 2. The first-order valence-electron chi connectivity index (χ1n) is 8.70. The summed E-state index contributed by atoms with van der Waals surface area (Å²) in [6.07, 6.45) is 3.48. The van der Waals surface area contributed by atoms with Crippen molar-refractivity contribution in [1.82, 2.24) is 5.01 Å². The predicted molar refractivity (Wildman–Crippen MR) is 110 cm³/mol. The van der Waals surface area contributed by atoms with Gasteiger partial charge in [0.2, 0.25) is 5.91 Å². The molecule has 0 radical (unpaired) electrons. The van der Waals surface area contributed by atoms with Gasteiger partial charge in [-0.2, -0.15) is 5.10 Å². The SMILES string of the molecule is COc1ccc(NC(=O)C2CCCN2/N=C/c2ccccc2Br)cc1OC. The Morgan fingerprint density at radius 3 is 2.74 bits per heavy atom. The molecule has 1 saturated heterocycles. The van der Waals surface area contributed by atoms with E-state index in [9.17, 15) is 4.79 Å². The number of benzene rings is 2. The molecule has 0 saturated carbocycles. The van der Waals surface area contributed by atoms with Crippen LogP contribution in [0.3, 0.4) is 0 Å². The number of nitrogens with one attached hydrogen (secondary N) is 1. The molecule has 1 aliphatic rings. The fourth-order valence-electron chi connectivity index (χ4n) is 3.01. The Morgan fingerprint density at radius 2 is 2.00 bits per heavy atom. The molecule has 0 aromatic heterocycles. The Bertz CT molecular complexity index is 841. The average Bonchev–Trinajstić information content (AvgIpc) is 3.16. The third-order valence-electron chi connectivity index (χ3n) is 4.43. The molecule has 27 heavy (non-hydrogen) atoms. The van der Waals surface area contributed by atoms with Crippen LogP contribution >= 0.6 is 15.9 Å². The van der Waals surface area contributed by atoms with Gasteiger partial charge in [-0.05, 0) is 31.0 Å². The zero-order chi connectivity index (χ0) is 19.2. The third-order valence-corrected chi connectivity index (χ3v) is 5.15. The molecule has 1 heterocycles. The van der Waals surface area contributed by atoms with E-state index in [-0.39, 0.29) is 11.9 Å². The summed E-state index contributed by atoms with van der Waals surface area (Å²) >= 11 is 3.51. The second-order valence-corrected chi connectivity index (χ2v) is 7.00. The van der Waals surface area contributed by atoms with Crippen LogP contribution in [0.4, 0.5) is 5.69 Å². The fourth-order valence-corrected chi connectivity index (χ4v) is 3.40. The number of methoxy groups -OCH3 is 2. The van der Waals surface area contributed by atoms with Gasteiger partial charge >= 0.3 is 0 Å². The number of anilines is 1. The van der Waals surface area contributed by atoms with Crippen molar-refractivity contribution in [1.29, 1.82) is 0 Å². The van der Waals surface area contributed by atoms with Crippen molar-refractivity contribution in [3.8, 4) is 11.5 Å². The number of nitrogens with zero attached hydrogens (tertiary/aromatic N) is 2. The number of hydrogen-bond donors (Lipinski definition) is 1. The molecule has 1 fully saturated rings. The highest BCUT2D eigenvalue weighted by Gasteiger charge is 2.30. The van der Waals surface area contributed by atoms with Crippen LogP contribution in [-0.2, 0) is 4.79 Å². The second kappa shape index (κ2) is 8.90. The van der Waals surface area contributed by atoms with Gasteiger partial charge in [0.1, 0.15) is 6.04 Å². The largest absolute Gasteiger partial charge is 0.493 e. The van der Waals surface area contributed by atoms with Gasteiger partial charge < -0.3 is 14.8 Å². The number of carbonyl (C=O) groups excluding carboxylic acids is 1. The minimum atomic E-state index is -0.295. The molecule has 1 aliphatic heterocycles.